The average Bonchev–Trinajstić information content (AvgIpc) is 3.16. The number of hydrogen-bond acceptors (Lipinski definition) is 7. The summed E-state index contributed by atoms with van der Waals surface area (Å²) in [5.41, 5.74) is 1.18. The summed E-state index contributed by atoms with van der Waals surface area (Å²) in [5, 5.41) is 2.44. The Balaban J connectivity index is 1.46. The van der Waals surface area contributed by atoms with Crippen LogP contribution in [0.4, 0.5) is 9.59 Å². The van der Waals surface area contributed by atoms with Gasteiger partial charge in [-0.25, -0.2) is 14.6 Å². The van der Waals surface area contributed by atoms with Crippen LogP contribution in [0.15, 0.2) is 35.3 Å². The number of nitrogens with zero attached hydrogens (tertiary/aromatic N) is 5. The van der Waals surface area contributed by atoms with E-state index in [0.717, 1.165) is 12.3 Å². The van der Waals surface area contributed by atoms with Gasteiger partial charge >= 0.3 is 12.1 Å². The molecule has 0 aliphatic carbocycles. The van der Waals surface area contributed by atoms with Gasteiger partial charge < -0.3 is 19.4 Å². The van der Waals surface area contributed by atoms with Gasteiger partial charge in [0.2, 0.25) is 0 Å². The summed E-state index contributed by atoms with van der Waals surface area (Å²) in [4.78, 5) is 49.1. The van der Waals surface area contributed by atoms with Crippen molar-refractivity contribution in [2.75, 3.05) is 52.9 Å². The third kappa shape index (κ3) is 4.55. The Morgan fingerprint density at radius 2 is 1.88 bits per heavy atom. The molecule has 4 rings (SSSR count). The number of benzene rings is 1. The number of urea groups is 1. The average molecular weight is 443 g/mol. The standard InChI is InChI=1S/C22H30N6O4/c1-3-32-22(31)27-13-11-26(12-14-27)15-17-23-19-18(20(29)24-21(30)25(19)2)28(17)10-9-16-7-5-4-6-8-16/h4-8,18-19H,3,9-15H2,1-2H3,(H,24,29,30). The number of hydrogen-bond donors (Lipinski definition) is 1. The lowest BCUT2D eigenvalue weighted by molar-refractivity contribution is -0.127. The fourth-order valence-corrected chi connectivity index (χ4v) is 4.38. The van der Waals surface area contributed by atoms with E-state index in [2.05, 4.69) is 22.3 Å². The van der Waals surface area contributed by atoms with Crippen molar-refractivity contribution in [3.8, 4) is 0 Å². The summed E-state index contributed by atoms with van der Waals surface area (Å²) >= 11 is 0. The molecule has 0 spiro atoms. The maximum Gasteiger partial charge on any atom is 0.409 e. The zero-order valence-electron chi connectivity index (χ0n) is 18.6. The van der Waals surface area contributed by atoms with Crippen LogP contribution < -0.4 is 5.32 Å². The largest absolute Gasteiger partial charge is 0.450 e. The molecule has 0 bridgehead atoms. The predicted molar refractivity (Wildman–Crippen MR) is 118 cm³/mol. The van der Waals surface area contributed by atoms with Crippen molar-refractivity contribution in [1.82, 2.24) is 24.9 Å². The van der Waals surface area contributed by atoms with Crippen LogP contribution in [0.1, 0.15) is 12.5 Å². The van der Waals surface area contributed by atoms with Gasteiger partial charge in [-0.15, -0.1) is 0 Å². The fourth-order valence-electron chi connectivity index (χ4n) is 4.38. The van der Waals surface area contributed by atoms with E-state index in [0.29, 0.717) is 45.9 Å². The number of nitrogens with one attached hydrogen (secondary N) is 1. The van der Waals surface area contributed by atoms with Crippen LogP contribution in [0.25, 0.3) is 0 Å². The Morgan fingerprint density at radius 1 is 1.16 bits per heavy atom. The monoisotopic (exact) mass is 442 g/mol. The van der Waals surface area contributed by atoms with Crippen molar-refractivity contribution in [2.45, 2.75) is 25.6 Å². The summed E-state index contributed by atoms with van der Waals surface area (Å²) in [6.45, 7) is 5.91. The number of carbonyl (C=O) groups is 3. The molecule has 0 saturated carbocycles. The molecular weight excluding hydrogens is 412 g/mol. The minimum absolute atomic E-state index is 0.280. The van der Waals surface area contributed by atoms with E-state index in [9.17, 15) is 14.4 Å². The first-order valence-corrected chi connectivity index (χ1v) is 11.1. The number of imide groups is 1. The molecular formula is C22H30N6O4. The van der Waals surface area contributed by atoms with Crippen LogP contribution in [-0.4, -0.2) is 109 Å². The summed E-state index contributed by atoms with van der Waals surface area (Å²) in [5.74, 6) is 0.495. The molecule has 2 saturated heterocycles. The molecule has 3 aliphatic heterocycles. The van der Waals surface area contributed by atoms with Crippen molar-refractivity contribution < 1.29 is 19.1 Å². The van der Waals surface area contributed by atoms with Gasteiger partial charge in [-0.2, -0.15) is 0 Å². The number of ether oxygens (including phenoxy) is 1. The maximum atomic E-state index is 12.7. The van der Waals surface area contributed by atoms with Crippen molar-refractivity contribution >= 4 is 23.9 Å². The molecule has 2 atom stereocenters. The summed E-state index contributed by atoms with van der Waals surface area (Å²) in [6, 6.07) is 9.16. The summed E-state index contributed by atoms with van der Waals surface area (Å²) in [6.07, 6.45) is -0.0366. The van der Waals surface area contributed by atoms with Crippen molar-refractivity contribution in [2.24, 2.45) is 4.99 Å². The van der Waals surface area contributed by atoms with Gasteiger partial charge in [-0.1, -0.05) is 30.3 Å². The lowest BCUT2D eigenvalue weighted by atomic mass is 10.1. The molecule has 3 aliphatic rings. The molecule has 2 fully saturated rings. The smallest absolute Gasteiger partial charge is 0.409 e. The number of aliphatic imine (C=N–C) groups is 1. The molecule has 0 radical (unpaired) electrons. The zero-order valence-corrected chi connectivity index (χ0v) is 18.6. The number of amides is 4. The first-order chi connectivity index (χ1) is 15.5. The second-order valence-electron chi connectivity index (χ2n) is 8.20. The number of amidine groups is 1. The fraction of sp³-hybridized carbons (Fsp3) is 0.545. The molecule has 0 aromatic heterocycles. The van der Waals surface area contributed by atoms with Crippen molar-refractivity contribution in [3.63, 3.8) is 0 Å². The number of rotatable bonds is 6. The molecule has 1 N–H and O–H groups in total. The summed E-state index contributed by atoms with van der Waals surface area (Å²) < 4.78 is 5.09. The van der Waals surface area contributed by atoms with Gasteiger partial charge in [-0.05, 0) is 18.9 Å². The minimum Gasteiger partial charge on any atom is -0.450 e. The Labute approximate surface area is 187 Å². The molecule has 1 aromatic rings. The lowest BCUT2D eigenvalue weighted by Crippen LogP contribution is -2.64. The molecule has 3 heterocycles. The molecule has 10 nitrogen and oxygen atoms in total. The number of piperazine rings is 1. The van der Waals surface area contributed by atoms with E-state index in [1.165, 1.54) is 10.5 Å². The third-order valence-electron chi connectivity index (χ3n) is 6.19. The highest BCUT2D eigenvalue weighted by Crippen LogP contribution is 2.25. The highest BCUT2D eigenvalue weighted by molar-refractivity contribution is 6.04. The van der Waals surface area contributed by atoms with Crippen LogP contribution in [0.5, 0.6) is 0 Å². The first-order valence-electron chi connectivity index (χ1n) is 11.1. The topological polar surface area (TPSA) is 97.8 Å². The Kier molecular flexibility index (Phi) is 6.59. The van der Waals surface area contributed by atoms with E-state index in [-0.39, 0.29) is 12.0 Å². The normalized spacial score (nSPS) is 23.7. The third-order valence-corrected chi connectivity index (χ3v) is 6.19. The van der Waals surface area contributed by atoms with Gasteiger partial charge in [0.05, 0.1) is 13.2 Å². The van der Waals surface area contributed by atoms with E-state index in [1.54, 1.807) is 18.9 Å². The second-order valence-corrected chi connectivity index (χ2v) is 8.20. The van der Waals surface area contributed by atoms with Crippen LogP contribution in [0.2, 0.25) is 0 Å². The lowest BCUT2D eigenvalue weighted by Gasteiger charge is -2.38. The zero-order chi connectivity index (χ0) is 22.7. The Bertz CT molecular complexity index is 884. The van der Waals surface area contributed by atoms with Crippen LogP contribution in [0, 0.1) is 0 Å². The molecule has 32 heavy (non-hydrogen) atoms. The summed E-state index contributed by atoms with van der Waals surface area (Å²) in [7, 11) is 1.67. The highest BCUT2D eigenvalue weighted by Gasteiger charge is 2.48. The van der Waals surface area contributed by atoms with Crippen LogP contribution in [0.3, 0.4) is 0 Å². The molecule has 10 heteroatoms. The molecule has 4 amide bonds. The van der Waals surface area contributed by atoms with Gasteiger partial charge in [0.25, 0.3) is 5.91 Å². The molecule has 172 valence electrons. The Morgan fingerprint density at radius 3 is 2.56 bits per heavy atom. The molecule has 1 aromatic carbocycles. The van der Waals surface area contributed by atoms with Crippen molar-refractivity contribution in [3.05, 3.63) is 35.9 Å². The van der Waals surface area contributed by atoms with E-state index >= 15 is 0 Å². The second kappa shape index (κ2) is 9.56. The predicted octanol–water partition coefficient (Wildman–Crippen LogP) is 0.594. The van der Waals surface area contributed by atoms with E-state index in [4.69, 9.17) is 9.73 Å². The van der Waals surface area contributed by atoms with Gasteiger partial charge in [-0.3, -0.25) is 15.0 Å². The van der Waals surface area contributed by atoms with E-state index < -0.39 is 18.2 Å². The minimum atomic E-state index is -0.530. The first kappa shape index (κ1) is 22.1. The van der Waals surface area contributed by atoms with Gasteiger partial charge in [0, 0.05) is 39.8 Å². The number of likely N-dealkylation sites (N-methyl/N-ethyl adjacent to an activating group) is 1. The van der Waals surface area contributed by atoms with Crippen molar-refractivity contribution in [1.29, 1.82) is 0 Å². The van der Waals surface area contributed by atoms with Crippen LogP contribution >= 0.6 is 0 Å². The number of carbonyl (C=O) groups excluding carboxylic acids is 3. The maximum absolute atomic E-state index is 12.7. The Hall–Kier alpha value is -3.14. The highest BCUT2D eigenvalue weighted by atomic mass is 16.6. The van der Waals surface area contributed by atoms with Gasteiger partial charge in [0.1, 0.15) is 5.84 Å². The number of fused-ring (bicyclic) bond motifs is 1. The van der Waals surface area contributed by atoms with Crippen LogP contribution in [-0.2, 0) is 16.0 Å². The van der Waals surface area contributed by atoms with E-state index in [1.807, 2.05) is 23.1 Å². The van der Waals surface area contributed by atoms with Gasteiger partial charge in [0.15, 0.2) is 12.2 Å². The molecule has 2 unspecified atom stereocenters. The SMILES string of the molecule is CCOC(=O)N1CCN(CC2=NC3C(C(=O)NC(=O)N3C)N2CCc2ccccc2)CC1. The quantitative estimate of drug-likeness (QED) is 0.693.